The molecular weight excluding hydrogens is 312 g/mol. The quantitative estimate of drug-likeness (QED) is 0.673. The van der Waals surface area contributed by atoms with Crippen LogP contribution < -0.4 is 5.32 Å². The second kappa shape index (κ2) is 6.56. The number of rotatable bonds is 4. The summed E-state index contributed by atoms with van der Waals surface area (Å²) in [6, 6.07) is 5.90. The van der Waals surface area contributed by atoms with Gasteiger partial charge in [-0.2, -0.15) is 0 Å². The second-order valence-corrected chi connectivity index (χ2v) is 8.29. The van der Waals surface area contributed by atoms with E-state index in [1.54, 1.807) is 11.8 Å². The molecule has 4 rings (SSSR count). The van der Waals surface area contributed by atoms with Gasteiger partial charge in [0.05, 0.1) is 11.6 Å². The van der Waals surface area contributed by atoms with Crippen LogP contribution in [0, 0.1) is 23.2 Å². The van der Waals surface area contributed by atoms with E-state index in [0.29, 0.717) is 19.0 Å². The number of nitrogens with one attached hydrogen (secondary N) is 1. The van der Waals surface area contributed by atoms with Gasteiger partial charge in [0.25, 0.3) is 0 Å². The number of fused-ring (bicyclic) bond motifs is 2. The zero-order chi connectivity index (χ0) is 17.4. The molecule has 2 heterocycles. The van der Waals surface area contributed by atoms with Gasteiger partial charge in [0.1, 0.15) is 6.10 Å². The number of esters is 1. The molecule has 2 aliphatic carbocycles. The minimum atomic E-state index is -0.0695. The van der Waals surface area contributed by atoms with Gasteiger partial charge in [0, 0.05) is 25.2 Å². The number of carbonyl (C=O) groups is 1. The Kier molecular flexibility index (Phi) is 4.40. The Bertz CT molecular complexity index is 672. The maximum absolute atomic E-state index is 12.5. The van der Waals surface area contributed by atoms with Crippen LogP contribution in [0.2, 0.25) is 0 Å². The number of nitrogens with zero attached hydrogens (tertiary/aromatic N) is 1. The van der Waals surface area contributed by atoms with Gasteiger partial charge in [-0.1, -0.05) is 38.0 Å². The third kappa shape index (κ3) is 3.12. The summed E-state index contributed by atoms with van der Waals surface area (Å²) in [5.41, 5.74) is 2.81. The number of pyridine rings is 1. The molecule has 134 valence electrons. The van der Waals surface area contributed by atoms with E-state index in [0.717, 1.165) is 12.1 Å². The highest BCUT2D eigenvalue weighted by Gasteiger charge is 2.51. The molecule has 1 aliphatic heterocycles. The number of allylic oxidation sites excluding steroid dienone is 1. The summed E-state index contributed by atoms with van der Waals surface area (Å²) in [5, 5.41) is 3.41. The van der Waals surface area contributed by atoms with Crippen molar-refractivity contribution in [3.63, 3.8) is 0 Å². The van der Waals surface area contributed by atoms with Gasteiger partial charge in [-0.3, -0.25) is 9.78 Å². The highest BCUT2D eigenvalue weighted by Crippen LogP contribution is 2.53. The van der Waals surface area contributed by atoms with Crippen molar-refractivity contribution >= 4 is 5.97 Å². The first-order valence-corrected chi connectivity index (χ1v) is 9.60. The lowest BCUT2D eigenvalue weighted by atomic mass is 9.59. The first-order chi connectivity index (χ1) is 12.1. The normalized spacial score (nSPS) is 37.0. The molecule has 1 saturated carbocycles. The van der Waals surface area contributed by atoms with Gasteiger partial charge in [-0.25, -0.2) is 0 Å². The Hall–Kier alpha value is -1.68. The van der Waals surface area contributed by atoms with E-state index in [2.05, 4.69) is 30.2 Å². The van der Waals surface area contributed by atoms with Crippen LogP contribution in [0.15, 0.2) is 36.0 Å². The molecule has 25 heavy (non-hydrogen) atoms. The number of hydrogen-bond acceptors (Lipinski definition) is 4. The predicted molar refractivity (Wildman–Crippen MR) is 96.6 cm³/mol. The molecule has 3 aliphatic rings. The summed E-state index contributed by atoms with van der Waals surface area (Å²) >= 11 is 0. The van der Waals surface area contributed by atoms with Gasteiger partial charge in [0.2, 0.25) is 0 Å². The van der Waals surface area contributed by atoms with Crippen molar-refractivity contribution in [3.05, 3.63) is 41.7 Å². The Balaban J connectivity index is 1.47. The summed E-state index contributed by atoms with van der Waals surface area (Å²) in [4.78, 5) is 16.8. The number of aromatic nitrogens is 1. The van der Waals surface area contributed by atoms with Gasteiger partial charge in [0.15, 0.2) is 0 Å². The molecule has 5 atom stereocenters. The van der Waals surface area contributed by atoms with E-state index in [1.165, 1.54) is 19.3 Å². The lowest BCUT2D eigenvalue weighted by Gasteiger charge is -2.46. The van der Waals surface area contributed by atoms with Crippen molar-refractivity contribution in [3.8, 4) is 0 Å². The van der Waals surface area contributed by atoms with Gasteiger partial charge in [-0.15, -0.1) is 0 Å². The summed E-state index contributed by atoms with van der Waals surface area (Å²) in [6.45, 7) is 6.05. The number of hydrogen-bond donors (Lipinski definition) is 1. The maximum atomic E-state index is 12.5. The van der Waals surface area contributed by atoms with E-state index in [9.17, 15) is 4.79 Å². The van der Waals surface area contributed by atoms with Crippen molar-refractivity contribution in [2.75, 3.05) is 6.54 Å². The molecule has 1 aromatic rings. The Morgan fingerprint density at radius 2 is 2.28 bits per heavy atom. The van der Waals surface area contributed by atoms with E-state index in [1.807, 2.05) is 18.2 Å². The third-order valence-corrected chi connectivity index (χ3v) is 6.48. The minimum Gasteiger partial charge on any atom is -0.461 e. The molecule has 1 saturated heterocycles. The van der Waals surface area contributed by atoms with Crippen LogP contribution in [0.5, 0.6) is 0 Å². The Morgan fingerprint density at radius 1 is 1.40 bits per heavy atom. The molecule has 0 unspecified atom stereocenters. The maximum Gasteiger partial charge on any atom is 0.311 e. The molecule has 4 heteroatoms. The number of ether oxygens (including phenoxy) is 1. The average molecular weight is 340 g/mol. The molecule has 1 aromatic heterocycles. The molecular formula is C21H28N2O2. The SMILES string of the molecule is C[C@H]1CCC[C@]2(C)C[C@H]3OC(=O)[C@H](CNCc4ccccn4)[C@H]3C=C12. The Morgan fingerprint density at radius 3 is 3.08 bits per heavy atom. The predicted octanol–water partition coefficient (Wildman–Crippen LogP) is 3.49. The molecule has 2 fully saturated rings. The number of carbonyl (C=O) groups excluding carboxylic acids is 1. The molecule has 0 spiro atoms. The zero-order valence-electron chi connectivity index (χ0n) is 15.2. The lowest BCUT2D eigenvalue weighted by molar-refractivity contribution is -0.145. The smallest absolute Gasteiger partial charge is 0.311 e. The zero-order valence-corrected chi connectivity index (χ0v) is 15.2. The van der Waals surface area contributed by atoms with Gasteiger partial charge < -0.3 is 10.1 Å². The van der Waals surface area contributed by atoms with Crippen molar-refractivity contribution in [1.29, 1.82) is 0 Å². The molecule has 0 amide bonds. The minimum absolute atomic E-state index is 0.0322. The first-order valence-electron chi connectivity index (χ1n) is 9.60. The van der Waals surface area contributed by atoms with Crippen molar-refractivity contribution in [2.45, 2.75) is 52.2 Å². The van der Waals surface area contributed by atoms with Crippen LogP contribution in [-0.4, -0.2) is 23.6 Å². The fraction of sp³-hybridized carbons (Fsp3) is 0.619. The summed E-state index contributed by atoms with van der Waals surface area (Å²) in [7, 11) is 0. The van der Waals surface area contributed by atoms with Crippen LogP contribution in [0.1, 0.15) is 45.2 Å². The van der Waals surface area contributed by atoms with E-state index < -0.39 is 0 Å². The topological polar surface area (TPSA) is 51.2 Å². The monoisotopic (exact) mass is 340 g/mol. The van der Waals surface area contributed by atoms with Crippen LogP contribution in [-0.2, 0) is 16.1 Å². The van der Waals surface area contributed by atoms with Crippen molar-refractivity contribution in [1.82, 2.24) is 10.3 Å². The molecule has 0 aromatic carbocycles. The molecule has 0 bridgehead atoms. The fourth-order valence-electron chi connectivity index (χ4n) is 5.14. The Labute approximate surface area is 150 Å². The highest BCUT2D eigenvalue weighted by molar-refractivity contribution is 5.76. The molecule has 1 N–H and O–H groups in total. The fourth-order valence-corrected chi connectivity index (χ4v) is 5.14. The summed E-state index contributed by atoms with van der Waals surface area (Å²) in [5.74, 6) is 0.764. The highest BCUT2D eigenvalue weighted by atomic mass is 16.6. The first kappa shape index (κ1) is 16.8. The molecule has 4 nitrogen and oxygen atoms in total. The lowest BCUT2D eigenvalue weighted by Crippen LogP contribution is -2.40. The summed E-state index contributed by atoms with van der Waals surface area (Å²) in [6.07, 6.45) is 9.06. The summed E-state index contributed by atoms with van der Waals surface area (Å²) < 4.78 is 5.79. The van der Waals surface area contributed by atoms with E-state index >= 15 is 0 Å². The van der Waals surface area contributed by atoms with Gasteiger partial charge >= 0.3 is 5.97 Å². The van der Waals surface area contributed by atoms with Crippen LogP contribution in [0.3, 0.4) is 0 Å². The largest absolute Gasteiger partial charge is 0.461 e. The van der Waals surface area contributed by atoms with Crippen LogP contribution >= 0.6 is 0 Å². The van der Waals surface area contributed by atoms with E-state index in [-0.39, 0.29) is 29.3 Å². The van der Waals surface area contributed by atoms with Crippen molar-refractivity contribution in [2.24, 2.45) is 23.2 Å². The standard InChI is InChI=1S/C21H28N2O2/c1-14-6-5-8-21(2)11-19-16(10-18(14)21)17(20(24)25-19)13-22-12-15-7-3-4-9-23-15/h3-4,7,9-10,14,16-17,19,22H,5-6,8,11-13H2,1-2H3/t14-,16+,17+,19+,21+/m0/s1. The second-order valence-electron chi connectivity index (χ2n) is 8.29. The molecule has 0 radical (unpaired) electrons. The van der Waals surface area contributed by atoms with Crippen molar-refractivity contribution < 1.29 is 9.53 Å². The van der Waals surface area contributed by atoms with Crippen LogP contribution in [0.25, 0.3) is 0 Å². The van der Waals surface area contributed by atoms with Crippen LogP contribution in [0.4, 0.5) is 0 Å². The van der Waals surface area contributed by atoms with Gasteiger partial charge in [-0.05, 0) is 42.7 Å². The van der Waals surface area contributed by atoms with E-state index in [4.69, 9.17) is 4.74 Å². The average Bonchev–Trinajstić information content (AvgIpc) is 2.88. The third-order valence-electron chi connectivity index (χ3n) is 6.48.